The molecule has 0 radical (unpaired) electrons. The molecular weight excluding hydrogens is 254 g/mol. The summed E-state index contributed by atoms with van der Waals surface area (Å²) >= 11 is 1.83. The SMILES string of the molecule is CCN(CC)c1ncc(CNCC2CCCCC2)s1. The molecular formula is C15H27N3S. The Labute approximate surface area is 121 Å². The van der Waals surface area contributed by atoms with E-state index in [1.54, 1.807) is 0 Å². The summed E-state index contributed by atoms with van der Waals surface area (Å²) in [4.78, 5) is 8.20. The van der Waals surface area contributed by atoms with Gasteiger partial charge < -0.3 is 10.2 Å². The van der Waals surface area contributed by atoms with Gasteiger partial charge in [0.25, 0.3) is 0 Å². The highest BCUT2D eigenvalue weighted by atomic mass is 32.1. The summed E-state index contributed by atoms with van der Waals surface area (Å²) in [5.74, 6) is 0.906. The topological polar surface area (TPSA) is 28.2 Å². The molecule has 1 N–H and O–H groups in total. The molecule has 1 aromatic rings. The van der Waals surface area contributed by atoms with Crippen LogP contribution in [0.25, 0.3) is 0 Å². The van der Waals surface area contributed by atoms with Crippen LogP contribution >= 0.6 is 11.3 Å². The molecule has 0 atom stereocenters. The van der Waals surface area contributed by atoms with E-state index in [0.29, 0.717) is 0 Å². The normalized spacial score (nSPS) is 16.7. The number of rotatable bonds is 7. The van der Waals surface area contributed by atoms with Gasteiger partial charge in [-0.25, -0.2) is 4.98 Å². The fourth-order valence-corrected chi connectivity index (χ4v) is 3.82. The minimum atomic E-state index is 0.906. The molecule has 1 aromatic heterocycles. The minimum absolute atomic E-state index is 0.906. The van der Waals surface area contributed by atoms with Crippen LogP contribution in [0.1, 0.15) is 50.8 Å². The van der Waals surface area contributed by atoms with Crippen LogP contribution in [-0.4, -0.2) is 24.6 Å². The Balaban J connectivity index is 1.73. The molecule has 0 saturated heterocycles. The van der Waals surface area contributed by atoms with Gasteiger partial charge in [-0.15, -0.1) is 11.3 Å². The van der Waals surface area contributed by atoms with Crippen molar-refractivity contribution in [2.75, 3.05) is 24.5 Å². The highest BCUT2D eigenvalue weighted by Crippen LogP contribution is 2.24. The summed E-state index contributed by atoms with van der Waals surface area (Å²) < 4.78 is 0. The Morgan fingerprint density at radius 3 is 2.68 bits per heavy atom. The predicted octanol–water partition coefficient (Wildman–Crippen LogP) is 3.66. The van der Waals surface area contributed by atoms with Gasteiger partial charge in [0.15, 0.2) is 5.13 Å². The summed E-state index contributed by atoms with van der Waals surface area (Å²) in [6, 6.07) is 0. The maximum atomic E-state index is 4.53. The Kier molecular flexibility index (Phi) is 6.11. The van der Waals surface area contributed by atoms with E-state index in [1.807, 2.05) is 17.5 Å². The van der Waals surface area contributed by atoms with Crippen LogP contribution in [0, 0.1) is 5.92 Å². The highest BCUT2D eigenvalue weighted by molar-refractivity contribution is 7.15. The van der Waals surface area contributed by atoms with Crippen LogP contribution in [0.4, 0.5) is 5.13 Å². The van der Waals surface area contributed by atoms with Crippen molar-refractivity contribution in [1.29, 1.82) is 0 Å². The first-order chi connectivity index (χ1) is 9.33. The summed E-state index contributed by atoms with van der Waals surface area (Å²) in [7, 11) is 0. The van der Waals surface area contributed by atoms with Gasteiger partial charge in [0, 0.05) is 30.7 Å². The molecule has 19 heavy (non-hydrogen) atoms. The Hall–Kier alpha value is -0.610. The first-order valence-corrected chi connectivity index (χ1v) is 8.55. The van der Waals surface area contributed by atoms with Gasteiger partial charge in [-0.1, -0.05) is 19.3 Å². The quantitative estimate of drug-likeness (QED) is 0.826. The molecule has 1 saturated carbocycles. The lowest BCUT2D eigenvalue weighted by atomic mass is 9.89. The minimum Gasteiger partial charge on any atom is -0.349 e. The van der Waals surface area contributed by atoms with Crippen molar-refractivity contribution < 1.29 is 0 Å². The van der Waals surface area contributed by atoms with Gasteiger partial charge in [-0.3, -0.25) is 0 Å². The maximum Gasteiger partial charge on any atom is 0.185 e. The van der Waals surface area contributed by atoms with E-state index in [1.165, 1.54) is 48.7 Å². The van der Waals surface area contributed by atoms with E-state index >= 15 is 0 Å². The molecule has 4 heteroatoms. The molecule has 0 bridgehead atoms. The summed E-state index contributed by atoms with van der Waals surface area (Å²) in [5.41, 5.74) is 0. The Bertz CT molecular complexity index is 354. The van der Waals surface area contributed by atoms with Gasteiger partial charge in [0.2, 0.25) is 0 Å². The van der Waals surface area contributed by atoms with Crippen LogP contribution in [-0.2, 0) is 6.54 Å². The fraction of sp³-hybridized carbons (Fsp3) is 0.800. The van der Waals surface area contributed by atoms with Crippen LogP contribution in [0.2, 0.25) is 0 Å². The number of hydrogen-bond acceptors (Lipinski definition) is 4. The largest absolute Gasteiger partial charge is 0.349 e. The molecule has 2 rings (SSSR count). The first-order valence-electron chi connectivity index (χ1n) is 7.73. The highest BCUT2D eigenvalue weighted by Gasteiger charge is 2.13. The molecule has 1 aliphatic carbocycles. The van der Waals surface area contributed by atoms with Crippen LogP contribution in [0.5, 0.6) is 0 Å². The zero-order valence-corrected chi connectivity index (χ0v) is 13.1. The average molecular weight is 281 g/mol. The number of nitrogens with zero attached hydrogens (tertiary/aromatic N) is 2. The molecule has 0 aromatic carbocycles. The van der Waals surface area contributed by atoms with E-state index in [0.717, 1.165) is 25.6 Å². The molecule has 0 spiro atoms. The monoisotopic (exact) mass is 281 g/mol. The van der Waals surface area contributed by atoms with Crippen molar-refractivity contribution in [3.05, 3.63) is 11.1 Å². The van der Waals surface area contributed by atoms with Crippen molar-refractivity contribution in [1.82, 2.24) is 10.3 Å². The van der Waals surface area contributed by atoms with Crippen molar-refractivity contribution in [3.63, 3.8) is 0 Å². The number of aromatic nitrogens is 1. The van der Waals surface area contributed by atoms with Crippen molar-refractivity contribution in [2.45, 2.75) is 52.5 Å². The van der Waals surface area contributed by atoms with E-state index < -0.39 is 0 Å². The summed E-state index contributed by atoms with van der Waals surface area (Å²) in [6.07, 6.45) is 9.17. The second kappa shape index (κ2) is 7.85. The maximum absolute atomic E-state index is 4.53. The lowest BCUT2D eigenvalue weighted by molar-refractivity contribution is 0.342. The van der Waals surface area contributed by atoms with Gasteiger partial charge in [0.05, 0.1) is 0 Å². The third kappa shape index (κ3) is 4.46. The summed E-state index contributed by atoms with van der Waals surface area (Å²) in [5, 5.41) is 4.78. The lowest BCUT2D eigenvalue weighted by Crippen LogP contribution is -2.23. The van der Waals surface area contributed by atoms with E-state index in [2.05, 4.69) is 29.0 Å². The van der Waals surface area contributed by atoms with Gasteiger partial charge in [-0.05, 0) is 39.2 Å². The molecule has 1 heterocycles. The van der Waals surface area contributed by atoms with Gasteiger partial charge in [-0.2, -0.15) is 0 Å². The molecule has 0 aliphatic heterocycles. The zero-order valence-electron chi connectivity index (χ0n) is 12.3. The van der Waals surface area contributed by atoms with Crippen LogP contribution < -0.4 is 10.2 Å². The first kappa shape index (κ1) is 14.8. The predicted molar refractivity (Wildman–Crippen MR) is 84.0 cm³/mol. The van der Waals surface area contributed by atoms with Crippen molar-refractivity contribution in [2.24, 2.45) is 5.92 Å². The van der Waals surface area contributed by atoms with Gasteiger partial charge >= 0.3 is 0 Å². The zero-order chi connectivity index (χ0) is 13.5. The third-order valence-corrected chi connectivity index (χ3v) is 5.09. The fourth-order valence-electron chi connectivity index (χ4n) is 2.81. The third-order valence-electron chi connectivity index (χ3n) is 4.03. The van der Waals surface area contributed by atoms with Crippen LogP contribution in [0.15, 0.2) is 6.20 Å². The second-order valence-electron chi connectivity index (χ2n) is 5.42. The standard InChI is InChI=1S/C15H27N3S/c1-3-18(4-2)15-17-12-14(19-15)11-16-10-13-8-6-5-7-9-13/h12-13,16H,3-11H2,1-2H3. The van der Waals surface area contributed by atoms with E-state index in [4.69, 9.17) is 0 Å². The molecule has 1 aliphatic rings. The average Bonchev–Trinajstić information content (AvgIpc) is 2.90. The number of thiazole rings is 1. The van der Waals surface area contributed by atoms with Crippen LogP contribution in [0.3, 0.4) is 0 Å². The van der Waals surface area contributed by atoms with Crippen molar-refractivity contribution >= 4 is 16.5 Å². The molecule has 3 nitrogen and oxygen atoms in total. The second-order valence-corrected chi connectivity index (χ2v) is 6.51. The number of nitrogens with one attached hydrogen (secondary N) is 1. The molecule has 108 valence electrons. The smallest absolute Gasteiger partial charge is 0.185 e. The van der Waals surface area contributed by atoms with E-state index in [-0.39, 0.29) is 0 Å². The molecule has 0 amide bonds. The lowest BCUT2D eigenvalue weighted by Gasteiger charge is -2.21. The van der Waals surface area contributed by atoms with Gasteiger partial charge in [0.1, 0.15) is 0 Å². The van der Waals surface area contributed by atoms with E-state index in [9.17, 15) is 0 Å². The molecule has 0 unspecified atom stereocenters. The number of hydrogen-bond donors (Lipinski definition) is 1. The Morgan fingerprint density at radius 2 is 2.00 bits per heavy atom. The summed E-state index contributed by atoms with van der Waals surface area (Å²) in [6.45, 7) is 8.61. The van der Waals surface area contributed by atoms with Crippen molar-refractivity contribution in [3.8, 4) is 0 Å². The Morgan fingerprint density at radius 1 is 1.26 bits per heavy atom. The molecule has 1 fully saturated rings. The number of anilines is 1.